The first-order chi connectivity index (χ1) is 8.33. The minimum absolute atomic E-state index is 0.337. The third kappa shape index (κ3) is 7.17. The van der Waals surface area contributed by atoms with E-state index in [9.17, 15) is 0 Å². The maximum atomic E-state index is 5.83. The molecule has 1 aromatic rings. The molecule has 0 N–H and O–H groups in total. The van der Waals surface area contributed by atoms with Gasteiger partial charge in [0, 0.05) is 6.61 Å². The molecule has 0 aromatic heterocycles. The van der Waals surface area contributed by atoms with Gasteiger partial charge in [0.25, 0.3) is 0 Å². The molecule has 1 nitrogen and oxygen atoms in total. The average molecular weight is 234 g/mol. The Bertz CT molecular complexity index is 268. The minimum atomic E-state index is 0.337. The Kier molecular flexibility index (Phi) is 7.74. The molecule has 0 spiro atoms. The summed E-state index contributed by atoms with van der Waals surface area (Å²) in [7, 11) is 0. The molecular formula is C16H26O. The minimum Gasteiger partial charge on any atom is -0.378 e. The monoisotopic (exact) mass is 234 g/mol. The van der Waals surface area contributed by atoms with Crippen molar-refractivity contribution < 1.29 is 4.74 Å². The van der Waals surface area contributed by atoms with Crippen LogP contribution in [0, 0.1) is 0 Å². The van der Waals surface area contributed by atoms with E-state index in [0.717, 1.165) is 13.0 Å². The lowest BCUT2D eigenvalue weighted by atomic mass is 10.1. The van der Waals surface area contributed by atoms with Crippen LogP contribution in [0.25, 0.3) is 0 Å². The van der Waals surface area contributed by atoms with Gasteiger partial charge in [-0.25, -0.2) is 0 Å². The predicted molar refractivity (Wildman–Crippen MR) is 74.3 cm³/mol. The zero-order chi connectivity index (χ0) is 12.3. The topological polar surface area (TPSA) is 9.23 Å². The normalized spacial score (nSPS) is 12.6. The lowest BCUT2D eigenvalue weighted by Gasteiger charge is -2.13. The highest BCUT2D eigenvalue weighted by atomic mass is 16.5. The van der Waals surface area contributed by atoms with Gasteiger partial charge in [-0.2, -0.15) is 0 Å². The molecule has 17 heavy (non-hydrogen) atoms. The lowest BCUT2D eigenvalue weighted by Crippen LogP contribution is -2.12. The number of hydrogen-bond acceptors (Lipinski definition) is 1. The molecule has 1 aromatic carbocycles. The molecular weight excluding hydrogens is 208 g/mol. The molecule has 0 saturated carbocycles. The Balaban J connectivity index is 2.03. The van der Waals surface area contributed by atoms with Crippen molar-refractivity contribution in [2.45, 2.75) is 58.5 Å². The van der Waals surface area contributed by atoms with Gasteiger partial charge in [0.2, 0.25) is 0 Å². The van der Waals surface area contributed by atoms with Gasteiger partial charge in [-0.3, -0.25) is 0 Å². The fourth-order valence-electron chi connectivity index (χ4n) is 2.00. The van der Waals surface area contributed by atoms with Crippen molar-refractivity contribution in [1.82, 2.24) is 0 Å². The standard InChI is InChI=1S/C16H26O/c1-3-4-5-6-10-13-17-15(2)14-16-11-8-7-9-12-16/h7-9,11-12,15H,3-6,10,13-14H2,1-2H3/t15-/m1/s1. The highest BCUT2D eigenvalue weighted by molar-refractivity contribution is 5.15. The quantitative estimate of drug-likeness (QED) is 0.567. The summed E-state index contributed by atoms with van der Waals surface area (Å²) in [5.74, 6) is 0. The van der Waals surface area contributed by atoms with Crippen molar-refractivity contribution in [3.05, 3.63) is 35.9 Å². The van der Waals surface area contributed by atoms with Gasteiger partial charge in [-0.1, -0.05) is 62.9 Å². The third-order valence-electron chi connectivity index (χ3n) is 3.02. The first-order valence-corrected chi connectivity index (χ1v) is 6.98. The molecule has 0 unspecified atom stereocenters. The zero-order valence-corrected chi connectivity index (χ0v) is 11.3. The van der Waals surface area contributed by atoms with E-state index < -0.39 is 0 Å². The summed E-state index contributed by atoms with van der Waals surface area (Å²) in [4.78, 5) is 0. The van der Waals surface area contributed by atoms with Crippen molar-refractivity contribution in [3.8, 4) is 0 Å². The van der Waals surface area contributed by atoms with Crippen LogP contribution in [0.1, 0.15) is 51.5 Å². The first-order valence-electron chi connectivity index (χ1n) is 6.98. The molecule has 0 saturated heterocycles. The van der Waals surface area contributed by atoms with Crippen molar-refractivity contribution in [1.29, 1.82) is 0 Å². The number of ether oxygens (including phenoxy) is 1. The van der Waals surface area contributed by atoms with E-state index in [1.165, 1.54) is 37.7 Å². The highest BCUT2D eigenvalue weighted by Crippen LogP contribution is 2.07. The summed E-state index contributed by atoms with van der Waals surface area (Å²) < 4.78 is 5.83. The van der Waals surface area contributed by atoms with E-state index in [-0.39, 0.29) is 0 Å². The van der Waals surface area contributed by atoms with Crippen LogP contribution in [0.5, 0.6) is 0 Å². The van der Waals surface area contributed by atoms with Crippen LogP contribution < -0.4 is 0 Å². The van der Waals surface area contributed by atoms with Gasteiger partial charge < -0.3 is 4.74 Å². The Labute approximate surface area is 106 Å². The lowest BCUT2D eigenvalue weighted by molar-refractivity contribution is 0.0635. The molecule has 1 rings (SSSR count). The Morgan fingerprint density at radius 3 is 2.41 bits per heavy atom. The summed E-state index contributed by atoms with van der Waals surface area (Å²) in [5.41, 5.74) is 1.37. The molecule has 1 atom stereocenters. The van der Waals surface area contributed by atoms with E-state index in [1.54, 1.807) is 0 Å². The fraction of sp³-hybridized carbons (Fsp3) is 0.625. The van der Waals surface area contributed by atoms with Gasteiger partial charge in [0.05, 0.1) is 6.10 Å². The van der Waals surface area contributed by atoms with Crippen molar-refractivity contribution in [3.63, 3.8) is 0 Å². The average Bonchev–Trinajstić information content (AvgIpc) is 2.35. The molecule has 96 valence electrons. The van der Waals surface area contributed by atoms with Crippen LogP contribution in [-0.4, -0.2) is 12.7 Å². The van der Waals surface area contributed by atoms with Crippen LogP contribution in [0.3, 0.4) is 0 Å². The molecule has 0 amide bonds. The second-order valence-corrected chi connectivity index (χ2v) is 4.79. The van der Waals surface area contributed by atoms with E-state index in [1.807, 2.05) is 0 Å². The number of rotatable bonds is 9. The SMILES string of the molecule is CCCCCCCO[C@H](C)Cc1ccccc1. The molecule has 0 fully saturated rings. The van der Waals surface area contributed by atoms with Gasteiger partial charge in [0.1, 0.15) is 0 Å². The van der Waals surface area contributed by atoms with Gasteiger partial charge >= 0.3 is 0 Å². The van der Waals surface area contributed by atoms with E-state index in [0.29, 0.717) is 6.10 Å². The summed E-state index contributed by atoms with van der Waals surface area (Å²) in [5, 5.41) is 0. The maximum absolute atomic E-state index is 5.83. The summed E-state index contributed by atoms with van der Waals surface area (Å²) >= 11 is 0. The van der Waals surface area contributed by atoms with Gasteiger partial charge in [0.15, 0.2) is 0 Å². The van der Waals surface area contributed by atoms with Crippen LogP contribution >= 0.6 is 0 Å². The number of hydrogen-bond donors (Lipinski definition) is 0. The van der Waals surface area contributed by atoms with E-state index >= 15 is 0 Å². The predicted octanol–water partition coefficient (Wildman–Crippen LogP) is 4.60. The molecule has 0 aliphatic carbocycles. The Morgan fingerprint density at radius 1 is 1.00 bits per heavy atom. The Morgan fingerprint density at radius 2 is 1.71 bits per heavy atom. The van der Waals surface area contributed by atoms with Crippen LogP contribution in [0.15, 0.2) is 30.3 Å². The first kappa shape index (κ1) is 14.2. The second-order valence-electron chi connectivity index (χ2n) is 4.79. The fourth-order valence-corrected chi connectivity index (χ4v) is 2.00. The van der Waals surface area contributed by atoms with E-state index in [2.05, 4.69) is 44.2 Å². The molecule has 1 heteroatoms. The van der Waals surface area contributed by atoms with Crippen molar-refractivity contribution in [2.24, 2.45) is 0 Å². The molecule has 0 heterocycles. The van der Waals surface area contributed by atoms with E-state index in [4.69, 9.17) is 4.74 Å². The second kappa shape index (κ2) is 9.23. The summed E-state index contributed by atoms with van der Waals surface area (Å²) in [6, 6.07) is 10.6. The van der Waals surface area contributed by atoms with Crippen LogP contribution in [-0.2, 0) is 11.2 Å². The number of unbranched alkanes of at least 4 members (excludes halogenated alkanes) is 4. The highest BCUT2D eigenvalue weighted by Gasteiger charge is 2.02. The van der Waals surface area contributed by atoms with Crippen LogP contribution in [0.4, 0.5) is 0 Å². The van der Waals surface area contributed by atoms with Crippen molar-refractivity contribution >= 4 is 0 Å². The molecule has 0 aliphatic rings. The largest absolute Gasteiger partial charge is 0.378 e. The third-order valence-corrected chi connectivity index (χ3v) is 3.02. The maximum Gasteiger partial charge on any atom is 0.0587 e. The molecule has 0 radical (unpaired) electrons. The molecule has 0 bridgehead atoms. The van der Waals surface area contributed by atoms with Crippen LogP contribution in [0.2, 0.25) is 0 Å². The zero-order valence-electron chi connectivity index (χ0n) is 11.3. The molecule has 0 aliphatic heterocycles. The Hall–Kier alpha value is -0.820. The van der Waals surface area contributed by atoms with Gasteiger partial charge in [-0.05, 0) is 25.3 Å². The van der Waals surface area contributed by atoms with Crippen molar-refractivity contribution in [2.75, 3.05) is 6.61 Å². The smallest absolute Gasteiger partial charge is 0.0587 e. The number of benzene rings is 1. The summed E-state index contributed by atoms with van der Waals surface area (Å²) in [6.45, 7) is 5.33. The van der Waals surface area contributed by atoms with Gasteiger partial charge in [-0.15, -0.1) is 0 Å². The summed E-state index contributed by atoms with van der Waals surface area (Å²) in [6.07, 6.45) is 7.90.